The van der Waals surface area contributed by atoms with E-state index in [1.54, 1.807) is 0 Å². The van der Waals surface area contributed by atoms with Crippen molar-refractivity contribution in [3.05, 3.63) is 35.4 Å². The van der Waals surface area contributed by atoms with Crippen LogP contribution in [-0.4, -0.2) is 46.7 Å². The van der Waals surface area contributed by atoms with Gasteiger partial charge in [-0.15, -0.1) is 0 Å². The lowest BCUT2D eigenvalue weighted by molar-refractivity contribution is -0.157. The number of benzene rings is 1. The number of carboxylic acids is 2. The molecule has 2 N–H and O–H groups in total. The summed E-state index contributed by atoms with van der Waals surface area (Å²) in [6.45, 7) is 1.83. The van der Waals surface area contributed by atoms with Gasteiger partial charge in [0.05, 0.1) is 11.8 Å². The van der Waals surface area contributed by atoms with Crippen LogP contribution in [0.25, 0.3) is 0 Å². The highest BCUT2D eigenvalue weighted by Crippen LogP contribution is 2.36. The molecule has 1 fully saturated rings. The van der Waals surface area contributed by atoms with Crippen molar-refractivity contribution in [1.29, 1.82) is 0 Å². The Kier molecular flexibility index (Phi) is 3.68. The lowest BCUT2D eigenvalue weighted by atomic mass is 9.76. The van der Waals surface area contributed by atoms with Gasteiger partial charge in [-0.25, -0.2) is 0 Å². The molecule has 1 aromatic rings. The summed E-state index contributed by atoms with van der Waals surface area (Å²) in [5, 5.41) is 18.4. The number of hydrogen-bond acceptors (Lipinski definition) is 3. The van der Waals surface area contributed by atoms with Crippen LogP contribution >= 0.6 is 0 Å². The van der Waals surface area contributed by atoms with Crippen molar-refractivity contribution >= 4 is 11.9 Å². The summed E-state index contributed by atoms with van der Waals surface area (Å²) in [6.07, 6.45) is 1.45. The number of aliphatic carboxylic acids is 2. The Balaban J connectivity index is 1.64. The van der Waals surface area contributed by atoms with Gasteiger partial charge in [0.1, 0.15) is 0 Å². The first-order valence-corrected chi connectivity index (χ1v) is 7.32. The molecule has 0 aromatic heterocycles. The number of nitrogens with zero attached hydrogens (tertiary/aromatic N) is 1. The molecule has 3 unspecified atom stereocenters. The van der Waals surface area contributed by atoms with E-state index in [0.717, 1.165) is 13.0 Å². The number of hydrogen-bond donors (Lipinski definition) is 2. The number of rotatable bonds is 4. The summed E-state index contributed by atoms with van der Waals surface area (Å²) in [5.74, 6) is -3.09. The van der Waals surface area contributed by atoms with Crippen molar-refractivity contribution < 1.29 is 19.8 Å². The maximum atomic E-state index is 11.3. The number of carboxylic acid groups (broad SMARTS) is 2. The molecule has 2 aliphatic rings. The topological polar surface area (TPSA) is 77.8 Å². The minimum absolute atomic E-state index is 0.338. The molecule has 5 heteroatoms. The van der Waals surface area contributed by atoms with E-state index in [0.29, 0.717) is 25.4 Å². The molecule has 1 aromatic carbocycles. The van der Waals surface area contributed by atoms with Crippen molar-refractivity contribution in [3.63, 3.8) is 0 Å². The minimum atomic E-state index is -0.999. The van der Waals surface area contributed by atoms with Gasteiger partial charge in [-0.1, -0.05) is 24.3 Å². The van der Waals surface area contributed by atoms with E-state index in [1.165, 1.54) is 11.1 Å². The van der Waals surface area contributed by atoms with Crippen LogP contribution in [0.2, 0.25) is 0 Å². The van der Waals surface area contributed by atoms with Crippen LogP contribution in [-0.2, 0) is 16.0 Å². The lowest BCUT2D eigenvalue weighted by Crippen LogP contribution is -2.48. The molecule has 1 heterocycles. The van der Waals surface area contributed by atoms with Gasteiger partial charge in [-0.3, -0.25) is 9.59 Å². The highest BCUT2D eigenvalue weighted by atomic mass is 16.4. The zero-order valence-corrected chi connectivity index (χ0v) is 11.7. The summed E-state index contributed by atoms with van der Waals surface area (Å²) >= 11 is 0. The Morgan fingerprint density at radius 3 is 2.52 bits per heavy atom. The van der Waals surface area contributed by atoms with E-state index in [1.807, 2.05) is 12.1 Å². The fraction of sp³-hybridized carbons (Fsp3) is 0.500. The van der Waals surface area contributed by atoms with Gasteiger partial charge >= 0.3 is 11.9 Å². The average molecular weight is 289 g/mol. The fourth-order valence-electron chi connectivity index (χ4n) is 3.57. The Morgan fingerprint density at radius 1 is 1.14 bits per heavy atom. The lowest BCUT2D eigenvalue weighted by Gasteiger charge is -2.39. The molecule has 5 nitrogen and oxygen atoms in total. The van der Waals surface area contributed by atoms with Crippen LogP contribution in [0.4, 0.5) is 0 Å². The predicted molar refractivity (Wildman–Crippen MR) is 76.2 cm³/mol. The average Bonchev–Trinajstić information content (AvgIpc) is 2.44. The molecule has 0 radical (unpaired) electrons. The fourth-order valence-corrected chi connectivity index (χ4v) is 3.57. The number of fused-ring (bicyclic) bond motifs is 1. The van der Waals surface area contributed by atoms with Crippen LogP contribution < -0.4 is 0 Å². The van der Waals surface area contributed by atoms with Crippen molar-refractivity contribution in [3.8, 4) is 0 Å². The summed E-state index contributed by atoms with van der Waals surface area (Å²) < 4.78 is 0. The van der Waals surface area contributed by atoms with Crippen LogP contribution in [0.1, 0.15) is 23.5 Å². The van der Waals surface area contributed by atoms with E-state index >= 15 is 0 Å². The van der Waals surface area contributed by atoms with Crippen molar-refractivity contribution in [1.82, 2.24) is 4.90 Å². The number of likely N-dealkylation sites (tertiary alicyclic amines) is 1. The molecule has 3 rings (SSSR count). The smallest absolute Gasteiger partial charge is 0.308 e. The Bertz CT molecular complexity index is 571. The molecule has 21 heavy (non-hydrogen) atoms. The number of piperidine rings is 1. The zero-order valence-electron chi connectivity index (χ0n) is 11.7. The Hall–Kier alpha value is -1.88. The van der Waals surface area contributed by atoms with Gasteiger partial charge in [0.25, 0.3) is 0 Å². The monoisotopic (exact) mass is 289 g/mol. The molecular formula is C16H19NO4. The maximum absolute atomic E-state index is 11.3. The first kappa shape index (κ1) is 14.1. The van der Waals surface area contributed by atoms with Gasteiger partial charge in [-0.05, 0) is 30.5 Å². The molecule has 0 amide bonds. The summed E-state index contributed by atoms with van der Waals surface area (Å²) in [6, 6.07) is 8.32. The van der Waals surface area contributed by atoms with Gasteiger partial charge in [0.15, 0.2) is 0 Å². The second kappa shape index (κ2) is 5.48. The standard InChI is InChI=1S/C16H19NO4/c18-15(19)13-5-6-17(9-14(13)16(20)21)8-11-7-10-3-1-2-4-12(10)11/h1-4,11,13-14H,5-9H2,(H,18,19)(H,20,21). The molecule has 3 atom stereocenters. The van der Waals surface area contributed by atoms with E-state index < -0.39 is 23.8 Å². The van der Waals surface area contributed by atoms with Crippen LogP contribution in [0, 0.1) is 11.8 Å². The third-order valence-electron chi connectivity index (χ3n) is 4.77. The Morgan fingerprint density at radius 2 is 1.86 bits per heavy atom. The van der Waals surface area contributed by atoms with Gasteiger partial charge in [-0.2, -0.15) is 0 Å². The zero-order chi connectivity index (χ0) is 15.0. The molecule has 112 valence electrons. The van der Waals surface area contributed by atoms with Crippen LogP contribution in [0.5, 0.6) is 0 Å². The molecule has 1 saturated heterocycles. The third-order valence-corrected chi connectivity index (χ3v) is 4.77. The largest absolute Gasteiger partial charge is 0.481 e. The number of carbonyl (C=O) groups is 2. The quantitative estimate of drug-likeness (QED) is 0.877. The normalized spacial score (nSPS) is 28.5. The Labute approximate surface area is 123 Å². The van der Waals surface area contributed by atoms with Gasteiger partial charge < -0.3 is 15.1 Å². The summed E-state index contributed by atoms with van der Waals surface area (Å²) in [4.78, 5) is 24.5. The molecule has 1 aliphatic heterocycles. The van der Waals surface area contributed by atoms with Crippen molar-refractivity contribution in [2.24, 2.45) is 11.8 Å². The van der Waals surface area contributed by atoms with Crippen LogP contribution in [0.15, 0.2) is 24.3 Å². The van der Waals surface area contributed by atoms with E-state index in [-0.39, 0.29) is 0 Å². The predicted octanol–water partition coefficient (Wildman–Crippen LogP) is 1.43. The second-order valence-electron chi connectivity index (χ2n) is 6.04. The third kappa shape index (κ3) is 2.65. The van der Waals surface area contributed by atoms with Gasteiger partial charge in [0.2, 0.25) is 0 Å². The van der Waals surface area contributed by atoms with E-state index in [4.69, 9.17) is 5.11 Å². The highest BCUT2D eigenvalue weighted by Gasteiger charge is 2.39. The van der Waals surface area contributed by atoms with E-state index in [2.05, 4.69) is 17.0 Å². The molecule has 0 spiro atoms. The maximum Gasteiger partial charge on any atom is 0.308 e. The first-order chi connectivity index (χ1) is 10.1. The highest BCUT2D eigenvalue weighted by molar-refractivity contribution is 5.80. The second-order valence-corrected chi connectivity index (χ2v) is 6.04. The van der Waals surface area contributed by atoms with E-state index in [9.17, 15) is 14.7 Å². The van der Waals surface area contributed by atoms with Crippen LogP contribution in [0.3, 0.4) is 0 Å². The minimum Gasteiger partial charge on any atom is -0.481 e. The van der Waals surface area contributed by atoms with Crippen molar-refractivity contribution in [2.45, 2.75) is 18.8 Å². The SMILES string of the molecule is O=C(O)C1CCN(CC2Cc3ccccc32)CC1C(=O)O. The first-order valence-electron chi connectivity index (χ1n) is 7.32. The molecular weight excluding hydrogens is 270 g/mol. The van der Waals surface area contributed by atoms with Gasteiger partial charge in [0, 0.05) is 19.0 Å². The molecule has 0 saturated carbocycles. The molecule has 1 aliphatic carbocycles. The van der Waals surface area contributed by atoms with Crippen molar-refractivity contribution in [2.75, 3.05) is 19.6 Å². The summed E-state index contributed by atoms with van der Waals surface area (Å²) in [5.41, 5.74) is 2.72. The summed E-state index contributed by atoms with van der Waals surface area (Å²) in [7, 11) is 0. The molecule has 0 bridgehead atoms.